The topological polar surface area (TPSA) is 104 Å². The van der Waals surface area contributed by atoms with Crippen LogP contribution in [0.25, 0.3) is 0 Å². The fourth-order valence-electron chi connectivity index (χ4n) is 1.46. The highest BCUT2D eigenvalue weighted by Crippen LogP contribution is 2.37. The number of nitrogens with two attached hydrogens (primary N) is 1. The molecule has 0 amide bonds. The molecule has 0 aliphatic rings. The van der Waals surface area contributed by atoms with Crippen LogP contribution >= 0.6 is 11.6 Å². The van der Waals surface area contributed by atoms with Crippen molar-refractivity contribution < 1.29 is 9.66 Å². The lowest BCUT2D eigenvalue weighted by Crippen LogP contribution is -2.00. The Morgan fingerprint density at radius 3 is 2.79 bits per heavy atom. The van der Waals surface area contributed by atoms with Crippen molar-refractivity contribution in [2.75, 3.05) is 5.73 Å². The van der Waals surface area contributed by atoms with Crippen LogP contribution < -0.4 is 10.5 Å². The summed E-state index contributed by atoms with van der Waals surface area (Å²) in [6.07, 6.45) is 0. The molecule has 2 N–H and O–H groups in total. The van der Waals surface area contributed by atoms with Crippen molar-refractivity contribution >= 4 is 23.2 Å². The molecule has 1 aromatic heterocycles. The molecule has 0 radical (unpaired) electrons. The monoisotopic (exact) mass is 280 g/mol. The minimum atomic E-state index is -0.585. The third-order valence-corrected chi connectivity index (χ3v) is 2.50. The fourth-order valence-corrected chi connectivity index (χ4v) is 1.67. The zero-order valence-corrected chi connectivity index (χ0v) is 10.6. The van der Waals surface area contributed by atoms with Crippen molar-refractivity contribution in [2.24, 2.45) is 0 Å². The Balaban J connectivity index is 2.45. The summed E-state index contributed by atoms with van der Waals surface area (Å²) < 4.78 is 5.36. The highest BCUT2D eigenvalue weighted by molar-refractivity contribution is 6.32. The number of hydrogen-bond donors (Lipinski definition) is 1. The molecule has 1 heterocycles. The SMILES string of the molecule is Cc1cc(Oc2c(Cl)cccc2[N+](=O)[O-])nc(N)n1. The normalized spacial score (nSPS) is 10.2. The molecule has 0 saturated heterocycles. The lowest BCUT2D eigenvalue weighted by atomic mass is 10.3. The van der Waals surface area contributed by atoms with E-state index in [1.807, 2.05) is 0 Å². The molecule has 2 aromatic rings. The number of nitrogen functional groups attached to an aromatic ring is 1. The zero-order chi connectivity index (χ0) is 14.0. The van der Waals surface area contributed by atoms with Gasteiger partial charge in [-0.05, 0) is 13.0 Å². The van der Waals surface area contributed by atoms with Crippen LogP contribution in [0.5, 0.6) is 11.6 Å². The first-order valence-corrected chi connectivity index (χ1v) is 5.57. The highest BCUT2D eigenvalue weighted by Gasteiger charge is 2.19. The van der Waals surface area contributed by atoms with Crippen LogP contribution in [-0.2, 0) is 0 Å². The summed E-state index contributed by atoms with van der Waals surface area (Å²) in [4.78, 5) is 18.0. The number of nitro benzene ring substituents is 1. The molecular formula is C11H9ClN4O3. The molecule has 2 rings (SSSR count). The lowest BCUT2D eigenvalue weighted by molar-refractivity contribution is -0.385. The number of benzene rings is 1. The van der Waals surface area contributed by atoms with Crippen LogP contribution in [0, 0.1) is 17.0 Å². The van der Waals surface area contributed by atoms with Crippen LogP contribution in [-0.4, -0.2) is 14.9 Å². The molecule has 0 aliphatic carbocycles. The second-order valence-electron chi connectivity index (χ2n) is 3.65. The minimum Gasteiger partial charge on any atom is -0.430 e. The average molecular weight is 281 g/mol. The Hall–Kier alpha value is -2.41. The standard InChI is InChI=1S/C11H9ClN4O3/c1-6-5-9(15-11(13)14-6)19-10-7(12)3-2-4-8(10)16(17)18/h2-5H,1H3,(H2,13,14,15). The summed E-state index contributed by atoms with van der Waals surface area (Å²) in [6, 6.07) is 5.75. The second-order valence-corrected chi connectivity index (χ2v) is 4.06. The van der Waals surface area contributed by atoms with E-state index in [4.69, 9.17) is 22.1 Å². The van der Waals surface area contributed by atoms with E-state index in [-0.39, 0.29) is 28.3 Å². The number of nitro groups is 1. The number of para-hydroxylation sites is 1. The molecule has 8 heteroatoms. The third kappa shape index (κ3) is 2.89. The summed E-state index contributed by atoms with van der Waals surface area (Å²) in [7, 11) is 0. The number of nitrogens with zero attached hydrogens (tertiary/aromatic N) is 3. The average Bonchev–Trinajstić information content (AvgIpc) is 2.30. The van der Waals surface area contributed by atoms with Crippen molar-refractivity contribution in [3.05, 3.63) is 45.1 Å². The van der Waals surface area contributed by atoms with Gasteiger partial charge in [0.25, 0.3) is 0 Å². The van der Waals surface area contributed by atoms with Gasteiger partial charge in [0, 0.05) is 17.8 Å². The maximum absolute atomic E-state index is 10.9. The van der Waals surface area contributed by atoms with E-state index < -0.39 is 4.92 Å². The van der Waals surface area contributed by atoms with Crippen molar-refractivity contribution in [3.8, 4) is 11.6 Å². The quantitative estimate of drug-likeness (QED) is 0.684. The number of ether oxygens (including phenoxy) is 1. The van der Waals surface area contributed by atoms with E-state index in [0.29, 0.717) is 5.69 Å². The van der Waals surface area contributed by atoms with Crippen molar-refractivity contribution in [1.29, 1.82) is 0 Å². The first-order chi connectivity index (χ1) is 8.97. The molecule has 0 fully saturated rings. The molecule has 0 atom stereocenters. The van der Waals surface area contributed by atoms with E-state index >= 15 is 0 Å². The number of aromatic nitrogens is 2. The van der Waals surface area contributed by atoms with Gasteiger partial charge in [-0.25, -0.2) is 4.98 Å². The summed E-state index contributed by atoms with van der Waals surface area (Å²) in [5, 5.41) is 11.0. The first-order valence-electron chi connectivity index (χ1n) is 5.19. The van der Waals surface area contributed by atoms with Crippen LogP contribution in [0.4, 0.5) is 11.6 Å². The van der Waals surface area contributed by atoms with Crippen molar-refractivity contribution in [2.45, 2.75) is 6.92 Å². The summed E-state index contributed by atoms with van der Waals surface area (Å²) in [5.74, 6) is 0.0394. The molecule has 0 bridgehead atoms. The summed E-state index contributed by atoms with van der Waals surface area (Å²) >= 11 is 5.90. The van der Waals surface area contributed by atoms with Gasteiger partial charge in [-0.15, -0.1) is 0 Å². The van der Waals surface area contributed by atoms with Crippen LogP contribution in [0.15, 0.2) is 24.3 Å². The molecular weight excluding hydrogens is 272 g/mol. The smallest absolute Gasteiger partial charge is 0.313 e. The Bertz CT molecular complexity index is 628. The van der Waals surface area contributed by atoms with Gasteiger partial charge in [0.05, 0.1) is 9.95 Å². The molecule has 0 saturated carbocycles. The van der Waals surface area contributed by atoms with E-state index in [1.54, 1.807) is 6.92 Å². The van der Waals surface area contributed by atoms with Gasteiger partial charge in [0.2, 0.25) is 17.6 Å². The maximum Gasteiger partial charge on any atom is 0.313 e. The Labute approximate surface area is 113 Å². The van der Waals surface area contributed by atoms with Gasteiger partial charge in [-0.1, -0.05) is 17.7 Å². The van der Waals surface area contributed by atoms with Gasteiger partial charge in [-0.2, -0.15) is 4.98 Å². The molecule has 7 nitrogen and oxygen atoms in total. The molecule has 0 spiro atoms. The first kappa shape index (κ1) is 13.0. The van der Waals surface area contributed by atoms with Gasteiger partial charge in [0.1, 0.15) is 0 Å². The molecule has 1 aromatic carbocycles. The number of anilines is 1. The van der Waals surface area contributed by atoms with E-state index in [0.717, 1.165) is 0 Å². The number of halogens is 1. The third-order valence-electron chi connectivity index (χ3n) is 2.20. The highest BCUT2D eigenvalue weighted by atomic mass is 35.5. The predicted octanol–water partition coefficient (Wildman–Crippen LogP) is 2.72. The number of aryl methyl sites for hydroxylation is 1. The van der Waals surface area contributed by atoms with Gasteiger partial charge >= 0.3 is 5.69 Å². The van der Waals surface area contributed by atoms with Gasteiger partial charge < -0.3 is 10.5 Å². The Morgan fingerprint density at radius 2 is 2.16 bits per heavy atom. The van der Waals surface area contributed by atoms with E-state index in [2.05, 4.69) is 9.97 Å². The number of hydrogen-bond acceptors (Lipinski definition) is 6. The minimum absolute atomic E-state index is 0.0182. The van der Waals surface area contributed by atoms with Gasteiger partial charge in [-0.3, -0.25) is 10.1 Å². The molecule has 0 unspecified atom stereocenters. The fraction of sp³-hybridized carbons (Fsp3) is 0.0909. The zero-order valence-electron chi connectivity index (χ0n) is 9.83. The molecule has 98 valence electrons. The maximum atomic E-state index is 10.9. The van der Waals surface area contributed by atoms with Crippen LogP contribution in [0.3, 0.4) is 0 Å². The predicted molar refractivity (Wildman–Crippen MR) is 69.4 cm³/mol. The Morgan fingerprint density at radius 1 is 1.42 bits per heavy atom. The van der Waals surface area contributed by atoms with Gasteiger partial charge in [0.15, 0.2) is 0 Å². The van der Waals surface area contributed by atoms with E-state index in [9.17, 15) is 10.1 Å². The molecule has 0 aliphatic heterocycles. The van der Waals surface area contributed by atoms with E-state index in [1.165, 1.54) is 24.3 Å². The largest absolute Gasteiger partial charge is 0.430 e. The van der Waals surface area contributed by atoms with Crippen molar-refractivity contribution in [1.82, 2.24) is 9.97 Å². The second kappa shape index (κ2) is 5.07. The summed E-state index contributed by atoms with van der Waals surface area (Å²) in [6.45, 7) is 1.70. The van der Waals surface area contributed by atoms with Crippen molar-refractivity contribution in [3.63, 3.8) is 0 Å². The molecule has 19 heavy (non-hydrogen) atoms. The number of rotatable bonds is 3. The summed E-state index contributed by atoms with van der Waals surface area (Å²) in [5.41, 5.74) is 5.81. The van der Waals surface area contributed by atoms with Crippen LogP contribution in [0.2, 0.25) is 5.02 Å². The van der Waals surface area contributed by atoms with Crippen LogP contribution in [0.1, 0.15) is 5.69 Å². The lowest BCUT2D eigenvalue weighted by Gasteiger charge is -2.07. The Kier molecular flexibility index (Phi) is 3.48.